The van der Waals surface area contributed by atoms with Gasteiger partial charge in [-0.2, -0.15) is 0 Å². The Labute approximate surface area is 302 Å². The van der Waals surface area contributed by atoms with E-state index in [1.165, 1.54) is 38.5 Å². The number of fused-ring (bicyclic) bond motifs is 3. The second-order valence-corrected chi connectivity index (χ2v) is 15.9. The maximum absolute atomic E-state index is 5.97. The number of thiocarbonyl (C=S) groups is 4. The van der Waals surface area contributed by atoms with Crippen LogP contribution in [0.2, 0.25) is 0 Å². The van der Waals surface area contributed by atoms with Crippen molar-refractivity contribution in [1.82, 2.24) is 19.8 Å². The quantitative estimate of drug-likeness (QED) is 0.119. The van der Waals surface area contributed by atoms with E-state index < -0.39 is 0 Å². The molecule has 6 rings (SSSR count). The molecule has 2 aromatic heterocycles. The summed E-state index contributed by atoms with van der Waals surface area (Å²) in [5.41, 5.74) is 6.33. The molecule has 0 spiro atoms. The van der Waals surface area contributed by atoms with Crippen molar-refractivity contribution in [3.63, 3.8) is 0 Å². The first-order chi connectivity index (χ1) is 22.3. The van der Waals surface area contributed by atoms with E-state index in [1.54, 1.807) is 22.7 Å². The van der Waals surface area contributed by atoms with Crippen LogP contribution in [0.1, 0.15) is 101 Å². The first kappa shape index (κ1) is 33.8. The third-order valence-electron chi connectivity index (χ3n) is 9.38. The molecule has 0 aliphatic carbocycles. The van der Waals surface area contributed by atoms with Gasteiger partial charge in [0.05, 0.1) is 0 Å². The van der Waals surface area contributed by atoms with E-state index >= 15 is 0 Å². The lowest BCUT2D eigenvalue weighted by molar-refractivity contribution is 0.391. The highest BCUT2D eigenvalue weighted by atomic mass is 32.1. The van der Waals surface area contributed by atoms with Crippen molar-refractivity contribution in [2.45, 2.75) is 79.1 Å². The molecule has 4 nitrogen and oxygen atoms in total. The normalized spacial score (nSPS) is 15.7. The van der Waals surface area contributed by atoms with Crippen molar-refractivity contribution < 1.29 is 0 Å². The number of rotatable bonds is 14. The molecule has 0 amide bonds. The summed E-state index contributed by atoms with van der Waals surface area (Å²) in [6.07, 6.45) is 9.60. The Hall–Kier alpha value is -2.08. The van der Waals surface area contributed by atoms with Crippen molar-refractivity contribution >= 4 is 101 Å². The van der Waals surface area contributed by atoms with E-state index in [1.807, 2.05) is 0 Å². The fourth-order valence-corrected chi connectivity index (χ4v) is 9.93. The Morgan fingerprint density at radius 3 is 1.35 bits per heavy atom. The Morgan fingerprint density at radius 1 is 0.587 bits per heavy atom. The Bertz CT molecular complexity index is 1660. The first-order valence-corrected chi connectivity index (χ1v) is 19.8. The van der Waals surface area contributed by atoms with E-state index in [9.17, 15) is 0 Å². The average molecular weight is 721 g/mol. The summed E-state index contributed by atoms with van der Waals surface area (Å²) >= 11 is 27.0. The molecule has 4 heterocycles. The molecule has 2 aliphatic heterocycles. The second kappa shape index (κ2) is 14.6. The molecule has 2 aliphatic rings. The lowest BCUT2D eigenvalue weighted by Crippen LogP contribution is -2.33. The molecule has 0 saturated heterocycles. The zero-order valence-corrected chi connectivity index (χ0v) is 31.8. The fourth-order valence-electron chi connectivity index (χ4n) is 6.42. The van der Waals surface area contributed by atoms with Crippen LogP contribution in [0.5, 0.6) is 0 Å². The van der Waals surface area contributed by atoms with E-state index in [-0.39, 0.29) is 0 Å². The van der Waals surface area contributed by atoms with Crippen LogP contribution < -0.4 is 0 Å². The van der Waals surface area contributed by atoms with Gasteiger partial charge >= 0.3 is 0 Å². The van der Waals surface area contributed by atoms with Crippen LogP contribution >= 0.6 is 71.5 Å². The summed E-state index contributed by atoms with van der Waals surface area (Å²) < 4.78 is 0. The smallest absolute Gasteiger partial charge is 0.155 e. The molecule has 46 heavy (non-hydrogen) atoms. The van der Waals surface area contributed by atoms with Crippen LogP contribution in [0.15, 0.2) is 36.4 Å². The number of benzene rings is 2. The molecular formula is C36H40N4S6. The minimum Gasteiger partial charge on any atom is -0.322 e. The highest BCUT2D eigenvalue weighted by Gasteiger charge is 2.33. The van der Waals surface area contributed by atoms with Gasteiger partial charge in [0, 0.05) is 46.5 Å². The zero-order valence-electron chi connectivity index (χ0n) is 26.9. The van der Waals surface area contributed by atoms with Gasteiger partial charge in [-0.3, -0.25) is 0 Å². The highest BCUT2D eigenvalue weighted by Crippen LogP contribution is 2.39. The van der Waals surface area contributed by atoms with Gasteiger partial charge in [-0.15, -0.1) is 0 Å². The molecular weight excluding hydrogens is 681 g/mol. The largest absolute Gasteiger partial charge is 0.322 e. The molecule has 0 bridgehead atoms. The molecule has 0 saturated carbocycles. The van der Waals surface area contributed by atoms with Gasteiger partial charge in [0.15, 0.2) is 9.66 Å². The number of hydrogen-bond acceptors (Lipinski definition) is 8. The predicted molar refractivity (Wildman–Crippen MR) is 213 cm³/mol. The monoisotopic (exact) mass is 720 g/mol. The van der Waals surface area contributed by atoms with Gasteiger partial charge in [-0.1, -0.05) is 162 Å². The highest BCUT2D eigenvalue weighted by molar-refractivity contribution is 7.83. The number of nitrogens with zero attached hydrogens (tertiary/aromatic N) is 4. The summed E-state index contributed by atoms with van der Waals surface area (Å²) in [6, 6.07) is 12.8. The van der Waals surface area contributed by atoms with Crippen LogP contribution in [-0.2, 0) is 0 Å². The minimum absolute atomic E-state index is 0.594. The van der Waals surface area contributed by atoms with Gasteiger partial charge in [0.25, 0.3) is 0 Å². The lowest BCUT2D eigenvalue weighted by Gasteiger charge is -2.24. The third-order valence-corrected chi connectivity index (χ3v) is 13.3. The van der Waals surface area contributed by atoms with Gasteiger partial charge in [-0.25, -0.2) is 9.97 Å². The molecule has 2 unspecified atom stereocenters. The lowest BCUT2D eigenvalue weighted by atomic mass is 9.99. The molecule has 2 atom stereocenters. The average Bonchev–Trinajstić information content (AvgIpc) is 3.78. The van der Waals surface area contributed by atoms with Crippen molar-refractivity contribution in [3.05, 3.63) is 58.7 Å². The fraction of sp³-hybridized carbons (Fsp3) is 0.444. The zero-order chi connectivity index (χ0) is 32.5. The van der Waals surface area contributed by atoms with Gasteiger partial charge in [0.2, 0.25) is 0 Å². The van der Waals surface area contributed by atoms with E-state index in [4.69, 9.17) is 58.8 Å². The molecule has 4 aromatic rings. The first-order valence-electron chi connectivity index (χ1n) is 16.6. The van der Waals surface area contributed by atoms with Crippen molar-refractivity contribution in [2.24, 2.45) is 11.8 Å². The number of unbranched alkanes of at least 4 members (excludes halogenated alkanes) is 2. The van der Waals surface area contributed by atoms with Gasteiger partial charge < -0.3 is 9.80 Å². The third kappa shape index (κ3) is 6.50. The minimum atomic E-state index is 0.594. The molecule has 2 aromatic carbocycles. The maximum Gasteiger partial charge on any atom is 0.155 e. The topological polar surface area (TPSA) is 32.3 Å². The summed E-state index contributed by atoms with van der Waals surface area (Å²) in [7, 11) is 0. The van der Waals surface area contributed by atoms with Gasteiger partial charge in [0.1, 0.15) is 30.0 Å². The Morgan fingerprint density at radius 2 is 0.978 bits per heavy atom. The molecule has 0 fully saturated rings. The number of thiazole rings is 2. The molecule has 0 radical (unpaired) electrons. The summed E-state index contributed by atoms with van der Waals surface area (Å²) in [5.74, 6) is 1.19. The predicted octanol–water partition coefficient (Wildman–Crippen LogP) is 10.9. The van der Waals surface area contributed by atoms with Crippen LogP contribution in [0.4, 0.5) is 0 Å². The van der Waals surface area contributed by atoms with Crippen LogP contribution in [0.25, 0.3) is 30.8 Å². The second-order valence-electron chi connectivity index (χ2n) is 12.4. The molecule has 0 N–H and O–H groups in total. The summed E-state index contributed by atoms with van der Waals surface area (Å²) in [5, 5.41) is 1.91. The molecule has 10 heteroatoms. The number of aromatic nitrogens is 2. The van der Waals surface area contributed by atoms with Crippen molar-refractivity contribution in [1.29, 1.82) is 0 Å². The SMILES string of the molecule is CCCCC(CC)CN1C(=S)c2ccc(-c3nc4sc(-c5ccc6c(c5)C(=S)N(CC(CC)CCCC)C6=S)nc4s3)cc2C1=S. The molecule has 240 valence electrons. The Balaban J connectivity index is 1.20. The van der Waals surface area contributed by atoms with E-state index in [0.29, 0.717) is 11.8 Å². The standard InChI is InChI=1S/C36H40N4S6/c1-5-9-11-21(7-3)19-39-33(41)25-15-13-23(17-27(25)35(39)43)29-37-31-32(45-29)38-30(46-31)24-14-16-26-28(18-24)36(44)40(34(26)42)20-22(8-4)12-10-6-2/h13-18,21-22H,5-12,19-20H2,1-4H3. The van der Waals surface area contributed by atoms with Crippen molar-refractivity contribution in [3.8, 4) is 21.1 Å². The van der Waals surface area contributed by atoms with Crippen LogP contribution in [0, 0.1) is 11.8 Å². The van der Waals surface area contributed by atoms with E-state index in [0.717, 1.165) is 98.9 Å². The van der Waals surface area contributed by atoms with Crippen molar-refractivity contribution in [2.75, 3.05) is 13.1 Å². The summed E-state index contributed by atoms with van der Waals surface area (Å²) in [4.78, 5) is 19.7. The van der Waals surface area contributed by atoms with Gasteiger partial charge in [-0.05, 0) is 36.8 Å². The van der Waals surface area contributed by atoms with Crippen LogP contribution in [-0.4, -0.2) is 52.8 Å². The number of hydrogen-bond donors (Lipinski definition) is 0. The maximum atomic E-state index is 5.97. The summed E-state index contributed by atoms with van der Waals surface area (Å²) in [6.45, 7) is 10.8. The van der Waals surface area contributed by atoms with Crippen LogP contribution in [0.3, 0.4) is 0 Å². The van der Waals surface area contributed by atoms with E-state index in [2.05, 4.69) is 73.9 Å². The Kier molecular flexibility index (Phi) is 10.7.